The van der Waals surface area contributed by atoms with Crippen molar-refractivity contribution in [2.24, 2.45) is 5.73 Å². The molecular weight excluding hydrogens is 416 g/mol. The van der Waals surface area contributed by atoms with Gasteiger partial charge in [-0.15, -0.1) is 0 Å². The van der Waals surface area contributed by atoms with Crippen molar-refractivity contribution in [3.05, 3.63) is 74.8 Å². The first-order valence-electron chi connectivity index (χ1n) is 10.1. The molecule has 1 heterocycles. The zero-order valence-electron chi connectivity index (χ0n) is 17.2. The van der Waals surface area contributed by atoms with Gasteiger partial charge in [-0.3, -0.25) is 34.2 Å². The normalized spacial score (nSPS) is 12.6. The van der Waals surface area contributed by atoms with E-state index in [9.17, 15) is 29.3 Å². The van der Waals surface area contributed by atoms with Gasteiger partial charge in [-0.05, 0) is 36.6 Å². The Balaban J connectivity index is 1.40. The molecule has 0 aliphatic carbocycles. The third-order valence-electron chi connectivity index (χ3n) is 5.19. The zero-order chi connectivity index (χ0) is 23.3. The standard InChI is InChI=1S/C22H22N4O6/c23-20(28)15-10-8-14(9-11-15)13-24-18(27)7-2-1-3-12-25-21(29)16-5-4-6-17(26(31)32)19(16)22(25)30/h4-6,8-11H,1-3,7,12-13H2,(H2,23,28)(H,24,27). The average molecular weight is 438 g/mol. The number of rotatable bonds is 10. The van der Waals surface area contributed by atoms with Gasteiger partial charge in [-0.1, -0.05) is 24.6 Å². The lowest BCUT2D eigenvalue weighted by molar-refractivity contribution is -0.385. The van der Waals surface area contributed by atoms with Gasteiger partial charge in [0.25, 0.3) is 17.5 Å². The van der Waals surface area contributed by atoms with Gasteiger partial charge in [0.05, 0.1) is 10.5 Å². The molecule has 2 aromatic carbocycles. The zero-order valence-corrected chi connectivity index (χ0v) is 17.2. The van der Waals surface area contributed by atoms with Crippen LogP contribution in [0.1, 0.15) is 62.3 Å². The van der Waals surface area contributed by atoms with E-state index in [1.165, 1.54) is 18.2 Å². The first kappa shape index (κ1) is 22.6. The Morgan fingerprint density at radius 2 is 1.72 bits per heavy atom. The number of nitrogens with zero attached hydrogens (tertiary/aromatic N) is 2. The van der Waals surface area contributed by atoms with E-state index in [-0.39, 0.29) is 35.7 Å². The Morgan fingerprint density at radius 1 is 1.00 bits per heavy atom. The maximum Gasteiger partial charge on any atom is 0.282 e. The minimum absolute atomic E-state index is 0.0486. The average Bonchev–Trinajstić information content (AvgIpc) is 3.02. The molecule has 0 spiro atoms. The summed E-state index contributed by atoms with van der Waals surface area (Å²) in [5.41, 5.74) is 5.93. The molecule has 10 nitrogen and oxygen atoms in total. The Morgan fingerprint density at radius 3 is 2.38 bits per heavy atom. The molecule has 0 unspecified atom stereocenters. The molecule has 0 atom stereocenters. The SMILES string of the molecule is NC(=O)c1ccc(CNC(=O)CCCCCN2C(=O)c3cccc([N+](=O)[O-])c3C2=O)cc1. The number of nitrogens with two attached hydrogens (primary N) is 1. The number of nitrogens with one attached hydrogen (secondary N) is 1. The second-order valence-corrected chi connectivity index (χ2v) is 7.37. The van der Waals surface area contributed by atoms with E-state index in [4.69, 9.17) is 5.73 Å². The fraction of sp³-hybridized carbons (Fsp3) is 0.273. The third kappa shape index (κ3) is 4.97. The maximum atomic E-state index is 12.5. The van der Waals surface area contributed by atoms with E-state index in [1.807, 2.05) is 0 Å². The molecule has 0 fully saturated rings. The topological polar surface area (TPSA) is 153 Å². The number of nitro groups is 1. The molecule has 3 rings (SSSR count). The summed E-state index contributed by atoms with van der Waals surface area (Å²) in [7, 11) is 0. The lowest BCUT2D eigenvalue weighted by Crippen LogP contribution is -2.30. The lowest BCUT2D eigenvalue weighted by atomic mass is 10.1. The summed E-state index contributed by atoms with van der Waals surface area (Å²) < 4.78 is 0. The van der Waals surface area contributed by atoms with Crippen LogP contribution in [0.4, 0.5) is 5.69 Å². The predicted molar refractivity (Wildman–Crippen MR) is 114 cm³/mol. The molecule has 10 heteroatoms. The molecule has 1 aliphatic heterocycles. The molecule has 0 aromatic heterocycles. The van der Waals surface area contributed by atoms with E-state index in [2.05, 4.69) is 5.32 Å². The van der Waals surface area contributed by atoms with Gasteiger partial charge in [-0.2, -0.15) is 0 Å². The summed E-state index contributed by atoms with van der Waals surface area (Å²) >= 11 is 0. The Kier molecular flexibility index (Phi) is 6.93. The van der Waals surface area contributed by atoms with Crippen molar-refractivity contribution in [1.29, 1.82) is 0 Å². The van der Waals surface area contributed by atoms with Gasteiger partial charge in [0.2, 0.25) is 11.8 Å². The minimum atomic E-state index is -0.668. The largest absolute Gasteiger partial charge is 0.366 e. The van der Waals surface area contributed by atoms with Gasteiger partial charge in [0.1, 0.15) is 5.56 Å². The molecule has 0 radical (unpaired) electrons. The highest BCUT2D eigenvalue weighted by molar-refractivity contribution is 6.23. The minimum Gasteiger partial charge on any atom is -0.366 e. The maximum absolute atomic E-state index is 12.5. The van der Waals surface area contributed by atoms with Gasteiger partial charge in [0, 0.05) is 31.1 Å². The number of hydrogen-bond donors (Lipinski definition) is 2. The van der Waals surface area contributed by atoms with Crippen molar-refractivity contribution in [1.82, 2.24) is 10.2 Å². The molecule has 0 saturated carbocycles. The first-order valence-corrected chi connectivity index (χ1v) is 10.1. The highest BCUT2D eigenvalue weighted by Gasteiger charge is 2.40. The monoisotopic (exact) mass is 438 g/mol. The summed E-state index contributed by atoms with van der Waals surface area (Å²) in [6, 6.07) is 10.6. The number of imide groups is 1. The number of nitro benzene ring substituents is 1. The third-order valence-corrected chi connectivity index (χ3v) is 5.19. The van der Waals surface area contributed by atoms with Gasteiger partial charge in [0.15, 0.2) is 0 Å². The van der Waals surface area contributed by atoms with Crippen LogP contribution in [0.2, 0.25) is 0 Å². The van der Waals surface area contributed by atoms with E-state index < -0.39 is 22.6 Å². The van der Waals surface area contributed by atoms with Gasteiger partial charge in [-0.25, -0.2) is 0 Å². The fourth-order valence-electron chi connectivity index (χ4n) is 3.48. The van der Waals surface area contributed by atoms with E-state index in [1.54, 1.807) is 24.3 Å². The summed E-state index contributed by atoms with van der Waals surface area (Å²) in [6.45, 7) is 0.461. The number of fused-ring (bicyclic) bond motifs is 1. The molecule has 3 N–H and O–H groups in total. The lowest BCUT2D eigenvalue weighted by Gasteiger charge is -2.13. The predicted octanol–water partition coefficient (Wildman–Crippen LogP) is 2.17. The highest BCUT2D eigenvalue weighted by Crippen LogP contribution is 2.30. The molecular formula is C22H22N4O6. The van der Waals surface area contributed by atoms with Crippen molar-refractivity contribution in [3.63, 3.8) is 0 Å². The van der Waals surface area contributed by atoms with Crippen molar-refractivity contribution in [2.45, 2.75) is 32.2 Å². The van der Waals surface area contributed by atoms with Crippen LogP contribution in [0.5, 0.6) is 0 Å². The van der Waals surface area contributed by atoms with E-state index >= 15 is 0 Å². The summed E-state index contributed by atoms with van der Waals surface area (Å²) in [6.07, 6.45) is 1.94. The van der Waals surface area contributed by atoms with Crippen LogP contribution in [0, 0.1) is 10.1 Å². The van der Waals surface area contributed by atoms with Crippen molar-refractivity contribution in [2.75, 3.05) is 6.54 Å². The smallest absolute Gasteiger partial charge is 0.282 e. The van der Waals surface area contributed by atoms with Crippen molar-refractivity contribution >= 4 is 29.3 Å². The molecule has 0 bridgehead atoms. The quantitative estimate of drug-likeness (QED) is 0.251. The van der Waals surface area contributed by atoms with Crippen LogP contribution < -0.4 is 11.1 Å². The molecule has 4 amide bonds. The second kappa shape index (κ2) is 9.82. The first-order chi connectivity index (χ1) is 15.3. The second-order valence-electron chi connectivity index (χ2n) is 7.37. The summed E-state index contributed by atoms with van der Waals surface area (Å²) in [5.74, 6) is -1.84. The van der Waals surface area contributed by atoms with Crippen LogP contribution in [0.3, 0.4) is 0 Å². The van der Waals surface area contributed by atoms with Gasteiger partial charge >= 0.3 is 0 Å². The molecule has 32 heavy (non-hydrogen) atoms. The molecule has 1 aliphatic rings. The Bertz CT molecular complexity index is 1080. The molecule has 2 aromatic rings. The van der Waals surface area contributed by atoms with E-state index in [0.29, 0.717) is 31.4 Å². The number of carbonyl (C=O) groups is 4. The van der Waals surface area contributed by atoms with Crippen molar-refractivity contribution in [3.8, 4) is 0 Å². The highest BCUT2D eigenvalue weighted by atomic mass is 16.6. The number of primary amides is 1. The number of benzene rings is 2. The van der Waals surface area contributed by atoms with Crippen LogP contribution in [0.15, 0.2) is 42.5 Å². The van der Waals surface area contributed by atoms with Crippen LogP contribution in [0.25, 0.3) is 0 Å². The Labute approximate surface area is 183 Å². The number of unbranched alkanes of at least 4 members (excludes halogenated alkanes) is 2. The van der Waals surface area contributed by atoms with Crippen LogP contribution >= 0.6 is 0 Å². The summed E-state index contributed by atoms with van der Waals surface area (Å²) in [5, 5.41) is 13.9. The van der Waals surface area contributed by atoms with E-state index in [0.717, 1.165) is 10.5 Å². The fourth-order valence-corrected chi connectivity index (χ4v) is 3.48. The van der Waals surface area contributed by atoms with Crippen molar-refractivity contribution < 1.29 is 24.1 Å². The number of carbonyl (C=O) groups excluding carboxylic acids is 4. The molecule has 0 saturated heterocycles. The molecule has 166 valence electrons. The van der Waals surface area contributed by atoms with Gasteiger partial charge < -0.3 is 11.1 Å². The summed E-state index contributed by atoms with van der Waals surface area (Å²) in [4.78, 5) is 59.5. The van der Waals surface area contributed by atoms with Crippen LogP contribution in [-0.2, 0) is 11.3 Å². The number of amides is 4. The Hall–Kier alpha value is -4.08. The number of hydrogen-bond acceptors (Lipinski definition) is 6. The van der Waals surface area contributed by atoms with Crippen LogP contribution in [-0.4, -0.2) is 40.0 Å².